The number of amides is 1. The fourth-order valence-corrected chi connectivity index (χ4v) is 2.74. The first-order valence-electron chi connectivity index (χ1n) is 6.92. The van der Waals surface area contributed by atoms with Crippen molar-refractivity contribution < 1.29 is 9.53 Å². The van der Waals surface area contributed by atoms with Crippen molar-refractivity contribution in [3.8, 4) is 0 Å². The summed E-state index contributed by atoms with van der Waals surface area (Å²) in [6.07, 6.45) is 2.38. The Balaban J connectivity index is 1.71. The highest BCUT2D eigenvalue weighted by Crippen LogP contribution is 2.16. The Morgan fingerprint density at radius 1 is 1.33 bits per heavy atom. The Hall–Kier alpha value is -0.650. The molecule has 5 heteroatoms. The third-order valence-electron chi connectivity index (χ3n) is 4.19. The van der Waals surface area contributed by atoms with Crippen molar-refractivity contribution in [2.24, 2.45) is 11.8 Å². The van der Waals surface area contributed by atoms with Crippen LogP contribution in [0.4, 0.5) is 0 Å². The lowest BCUT2D eigenvalue weighted by Crippen LogP contribution is -2.44. The predicted octanol–water partition coefficient (Wildman–Crippen LogP) is -0.321. The second-order valence-electron chi connectivity index (χ2n) is 5.53. The van der Waals surface area contributed by atoms with Gasteiger partial charge in [-0.15, -0.1) is 0 Å². The fraction of sp³-hybridized carbons (Fsp3) is 0.923. The molecule has 0 aromatic rings. The van der Waals surface area contributed by atoms with Crippen LogP contribution in [0.5, 0.6) is 0 Å². The Bertz CT molecular complexity index is 277. The molecule has 2 aliphatic rings. The van der Waals surface area contributed by atoms with E-state index >= 15 is 0 Å². The van der Waals surface area contributed by atoms with Gasteiger partial charge >= 0.3 is 0 Å². The number of carbonyl (C=O) groups excluding carboxylic acids is 1. The van der Waals surface area contributed by atoms with Crippen LogP contribution in [0.25, 0.3) is 0 Å². The molecule has 0 aliphatic carbocycles. The Labute approximate surface area is 109 Å². The summed E-state index contributed by atoms with van der Waals surface area (Å²) in [6.45, 7) is 4.30. The average Bonchev–Trinajstić information content (AvgIpc) is 2.86. The zero-order valence-corrected chi connectivity index (χ0v) is 11.4. The van der Waals surface area contributed by atoms with Gasteiger partial charge < -0.3 is 20.3 Å². The van der Waals surface area contributed by atoms with Gasteiger partial charge in [-0.25, -0.2) is 0 Å². The molecule has 0 saturated carbocycles. The quantitative estimate of drug-likeness (QED) is 0.723. The summed E-state index contributed by atoms with van der Waals surface area (Å²) >= 11 is 0. The molecule has 0 bridgehead atoms. The van der Waals surface area contributed by atoms with E-state index in [4.69, 9.17) is 4.74 Å². The first-order chi connectivity index (χ1) is 8.70. The van der Waals surface area contributed by atoms with E-state index in [1.165, 1.54) is 12.8 Å². The van der Waals surface area contributed by atoms with Crippen LogP contribution < -0.4 is 10.6 Å². The average molecular weight is 255 g/mol. The Morgan fingerprint density at radius 3 is 2.72 bits per heavy atom. The molecular formula is C13H25N3O2. The summed E-state index contributed by atoms with van der Waals surface area (Å²) in [6, 6.07) is 0.169. The molecule has 1 amide bonds. The second-order valence-corrected chi connectivity index (χ2v) is 5.53. The lowest BCUT2D eigenvalue weighted by Gasteiger charge is -2.29. The number of rotatable bonds is 4. The monoisotopic (exact) mass is 255 g/mol. The molecule has 2 saturated heterocycles. The van der Waals surface area contributed by atoms with Crippen LogP contribution in [-0.4, -0.2) is 63.8 Å². The maximum Gasteiger partial charge on any atom is 0.227 e. The number of ether oxygens (including phenoxy) is 1. The number of carbonyl (C=O) groups is 1. The minimum Gasteiger partial charge on any atom is -0.379 e. The number of likely N-dealkylation sites (tertiary alicyclic amines) is 1. The van der Waals surface area contributed by atoms with Gasteiger partial charge in [-0.2, -0.15) is 0 Å². The van der Waals surface area contributed by atoms with E-state index < -0.39 is 0 Å². The van der Waals surface area contributed by atoms with Crippen LogP contribution in [0.2, 0.25) is 0 Å². The van der Waals surface area contributed by atoms with E-state index in [1.54, 1.807) is 0 Å². The molecule has 2 atom stereocenters. The molecule has 2 heterocycles. The molecule has 18 heavy (non-hydrogen) atoms. The van der Waals surface area contributed by atoms with Crippen molar-refractivity contribution in [2.45, 2.75) is 18.9 Å². The van der Waals surface area contributed by atoms with Crippen LogP contribution in [0.1, 0.15) is 12.8 Å². The molecule has 2 fully saturated rings. The van der Waals surface area contributed by atoms with Crippen molar-refractivity contribution in [1.82, 2.24) is 15.5 Å². The summed E-state index contributed by atoms with van der Waals surface area (Å²) in [5, 5.41) is 6.24. The molecule has 2 unspecified atom stereocenters. The molecule has 5 nitrogen and oxygen atoms in total. The number of nitrogens with zero attached hydrogens (tertiary/aromatic N) is 1. The van der Waals surface area contributed by atoms with Gasteiger partial charge in [0.1, 0.15) is 0 Å². The van der Waals surface area contributed by atoms with Crippen LogP contribution in [0, 0.1) is 11.8 Å². The van der Waals surface area contributed by atoms with Crippen molar-refractivity contribution in [3.05, 3.63) is 0 Å². The number of nitrogens with one attached hydrogen (secondary N) is 2. The largest absolute Gasteiger partial charge is 0.379 e. The minimum absolute atomic E-state index is 0.0266. The van der Waals surface area contributed by atoms with Crippen LogP contribution in [-0.2, 0) is 9.53 Å². The number of piperidine rings is 1. The SMILES string of the molecule is CNC1COCC1C(=O)NCC1CCN(C)CC1. The topological polar surface area (TPSA) is 53.6 Å². The van der Waals surface area contributed by atoms with Crippen LogP contribution in [0.3, 0.4) is 0 Å². The fourth-order valence-electron chi connectivity index (χ4n) is 2.74. The van der Waals surface area contributed by atoms with Crippen molar-refractivity contribution in [2.75, 3.05) is 46.9 Å². The highest BCUT2D eigenvalue weighted by Gasteiger charge is 2.33. The van der Waals surface area contributed by atoms with Gasteiger partial charge in [-0.1, -0.05) is 0 Å². The number of likely N-dealkylation sites (N-methyl/N-ethyl adjacent to an activating group) is 1. The van der Waals surface area contributed by atoms with E-state index in [9.17, 15) is 4.79 Å². The third-order valence-corrected chi connectivity index (χ3v) is 4.19. The molecular weight excluding hydrogens is 230 g/mol. The zero-order chi connectivity index (χ0) is 13.0. The van der Waals surface area contributed by atoms with Gasteiger partial charge in [0.2, 0.25) is 5.91 Å². The van der Waals surface area contributed by atoms with E-state index in [2.05, 4.69) is 22.6 Å². The van der Waals surface area contributed by atoms with E-state index in [-0.39, 0.29) is 17.9 Å². The van der Waals surface area contributed by atoms with E-state index in [0.717, 1.165) is 19.6 Å². The maximum absolute atomic E-state index is 12.1. The second kappa shape index (κ2) is 6.50. The lowest BCUT2D eigenvalue weighted by molar-refractivity contribution is -0.125. The summed E-state index contributed by atoms with van der Waals surface area (Å²) in [5.41, 5.74) is 0. The smallest absolute Gasteiger partial charge is 0.227 e. The van der Waals surface area contributed by atoms with Gasteiger partial charge in [0.05, 0.1) is 19.1 Å². The van der Waals surface area contributed by atoms with Gasteiger partial charge in [0.25, 0.3) is 0 Å². The first kappa shape index (κ1) is 13.8. The number of hydrogen-bond acceptors (Lipinski definition) is 4. The molecule has 104 valence electrons. The maximum atomic E-state index is 12.1. The summed E-state index contributed by atoms with van der Waals surface area (Å²) < 4.78 is 5.36. The first-order valence-corrected chi connectivity index (χ1v) is 6.92. The molecule has 2 aliphatic heterocycles. The normalized spacial score (nSPS) is 30.6. The highest BCUT2D eigenvalue weighted by atomic mass is 16.5. The molecule has 0 radical (unpaired) electrons. The summed E-state index contributed by atoms with van der Waals surface area (Å²) in [4.78, 5) is 14.4. The van der Waals surface area contributed by atoms with Crippen molar-refractivity contribution in [1.29, 1.82) is 0 Å². The molecule has 2 N–H and O–H groups in total. The lowest BCUT2D eigenvalue weighted by atomic mass is 9.96. The number of hydrogen-bond donors (Lipinski definition) is 2. The van der Waals surface area contributed by atoms with Crippen molar-refractivity contribution in [3.63, 3.8) is 0 Å². The van der Waals surface area contributed by atoms with Gasteiger partial charge in [-0.05, 0) is 45.9 Å². The zero-order valence-electron chi connectivity index (χ0n) is 11.4. The molecule has 2 rings (SSSR count). The predicted molar refractivity (Wildman–Crippen MR) is 70.4 cm³/mol. The Kier molecular flexibility index (Phi) is 4.97. The van der Waals surface area contributed by atoms with Crippen LogP contribution >= 0.6 is 0 Å². The van der Waals surface area contributed by atoms with E-state index in [0.29, 0.717) is 19.1 Å². The molecule has 0 spiro atoms. The van der Waals surface area contributed by atoms with Gasteiger partial charge in [0, 0.05) is 12.6 Å². The molecule has 0 aromatic carbocycles. The standard InChI is InChI=1S/C13H25N3O2/c1-14-12-9-18-8-11(12)13(17)15-7-10-3-5-16(2)6-4-10/h10-12,14H,3-9H2,1-2H3,(H,15,17). The van der Waals surface area contributed by atoms with Gasteiger partial charge in [0.15, 0.2) is 0 Å². The van der Waals surface area contributed by atoms with Gasteiger partial charge in [-0.3, -0.25) is 4.79 Å². The highest BCUT2D eigenvalue weighted by molar-refractivity contribution is 5.79. The summed E-state index contributed by atoms with van der Waals surface area (Å²) in [5.74, 6) is 0.757. The van der Waals surface area contributed by atoms with Crippen LogP contribution in [0.15, 0.2) is 0 Å². The minimum atomic E-state index is -0.0266. The van der Waals surface area contributed by atoms with Crippen molar-refractivity contribution >= 4 is 5.91 Å². The Morgan fingerprint density at radius 2 is 2.06 bits per heavy atom. The van der Waals surface area contributed by atoms with E-state index in [1.807, 2.05) is 7.05 Å². The molecule has 0 aromatic heterocycles. The summed E-state index contributed by atoms with van der Waals surface area (Å²) in [7, 11) is 4.04. The third kappa shape index (κ3) is 3.43.